The quantitative estimate of drug-likeness (QED) is 0.506. The first-order chi connectivity index (χ1) is 3.93. The zero-order chi connectivity index (χ0) is 5.82. The average Bonchev–Trinajstić information content (AvgIpc) is 2.19. The van der Waals surface area contributed by atoms with Gasteiger partial charge in [-0.05, 0) is 0 Å². The SMILES string of the molecule is C=CCN1[C]NCC1. The molecule has 0 bridgehead atoms. The van der Waals surface area contributed by atoms with Crippen LogP contribution in [0, 0.1) is 6.67 Å². The highest BCUT2D eigenvalue weighted by molar-refractivity contribution is 4.82. The Kier molecular flexibility index (Phi) is 2.06. The molecule has 1 fully saturated rings. The number of nitrogens with zero attached hydrogens (tertiary/aromatic N) is 1. The Morgan fingerprint density at radius 3 is 3.25 bits per heavy atom. The van der Waals surface area contributed by atoms with E-state index >= 15 is 0 Å². The zero-order valence-electron chi connectivity index (χ0n) is 4.85. The van der Waals surface area contributed by atoms with Crippen LogP contribution in [-0.4, -0.2) is 24.5 Å². The van der Waals surface area contributed by atoms with Crippen LogP contribution in [0.3, 0.4) is 0 Å². The molecular formula is C6H10N2. The van der Waals surface area contributed by atoms with Gasteiger partial charge in [-0.1, -0.05) is 6.08 Å². The molecule has 0 aromatic rings. The van der Waals surface area contributed by atoms with Crippen molar-refractivity contribution in [2.45, 2.75) is 0 Å². The van der Waals surface area contributed by atoms with Gasteiger partial charge in [-0.3, -0.25) is 10.2 Å². The van der Waals surface area contributed by atoms with E-state index < -0.39 is 0 Å². The summed E-state index contributed by atoms with van der Waals surface area (Å²) in [5.41, 5.74) is 0. The Hall–Kier alpha value is -0.340. The van der Waals surface area contributed by atoms with Crippen LogP contribution in [0.2, 0.25) is 0 Å². The summed E-state index contributed by atoms with van der Waals surface area (Å²) in [5, 5.41) is 2.99. The van der Waals surface area contributed by atoms with E-state index in [4.69, 9.17) is 0 Å². The van der Waals surface area contributed by atoms with E-state index in [0.717, 1.165) is 19.6 Å². The molecule has 0 unspecified atom stereocenters. The van der Waals surface area contributed by atoms with E-state index in [1.165, 1.54) is 0 Å². The van der Waals surface area contributed by atoms with Crippen LogP contribution in [0.1, 0.15) is 0 Å². The third kappa shape index (κ3) is 1.32. The number of rotatable bonds is 2. The van der Waals surface area contributed by atoms with Gasteiger partial charge < -0.3 is 0 Å². The minimum absolute atomic E-state index is 0.910. The minimum Gasteiger partial charge on any atom is -0.292 e. The molecule has 0 aromatic heterocycles. The van der Waals surface area contributed by atoms with E-state index in [2.05, 4.69) is 23.5 Å². The molecule has 2 nitrogen and oxygen atoms in total. The minimum atomic E-state index is 0.910. The van der Waals surface area contributed by atoms with Crippen molar-refractivity contribution in [3.8, 4) is 0 Å². The summed E-state index contributed by atoms with van der Waals surface area (Å²) in [6.07, 6.45) is 1.88. The first kappa shape index (κ1) is 5.79. The molecule has 1 rings (SSSR count). The van der Waals surface area contributed by atoms with Crippen LogP contribution < -0.4 is 5.32 Å². The molecule has 44 valence electrons. The lowest BCUT2D eigenvalue weighted by Crippen LogP contribution is -2.16. The second-order valence-corrected chi connectivity index (χ2v) is 1.77. The maximum absolute atomic E-state index is 3.61. The summed E-state index contributed by atoms with van der Waals surface area (Å²) < 4.78 is 0. The van der Waals surface area contributed by atoms with E-state index in [0.29, 0.717) is 0 Å². The molecule has 2 heteroatoms. The summed E-state index contributed by atoms with van der Waals surface area (Å²) in [7, 11) is 0. The highest BCUT2D eigenvalue weighted by atomic mass is 15.3. The van der Waals surface area contributed by atoms with Crippen LogP contribution in [0.5, 0.6) is 0 Å². The van der Waals surface area contributed by atoms with Gasteiger partial charge in [0.05, 0.1) is 0 Å². The van der Waals surface area contributed by atoms with Crippen molar-refractivity contribution in [3.63, 3.8) is 0 Å². The van der Waals surface area contributed by atoms with Gasteiger partial charge in [0.1, 0.15) is 6.67 Å². The van der Waals surface area contributed by atoms with Crippen LogP contribution >= 0.6 is 0 Å². The van der Waals surface area contributed by atoms with Gasteiger partial charge in [-0.15, -0.1) is 6.58 Å². The number of nitrogens with one attached hydrogen (secondary N) is 1. The molecule has 2 radical (unpaired) electrons. The van der Waals surface area contributed by atoms with Gasteiger partial charge in [-0.25, -0.2) is 0 Å². The van der Waals surface area contributed by atoms with Gasteiger partial charge in [0.25, 0.3) is 0 Å². The van der Waals surface area contributed by atoms with E-state index in [1.807, 2.05) is 6.08 Å². The average molecular weight is 110 g/mol. The van der Waals surface area contributed by atoms with Crippen LogP contribution in [-0.2, 0) is 0 Å². The maximum atomic E-state index is 3.61. The fraction of sp³-hybridized carbons (Fsp3) is 0.500. The van der Waals surface area contributed by atoms with Crippen molar-refractivity contribution in [2.24, 2.45) is 0 Å². The predicted octanol–water partition coefficient (Wildman–Crippen LogP) is 0.0739. The Morgan fingerprint density at radius 1 is 1.88 bits per heavy atom. The molecule has 1 N–H and O–H groups in total. The monoisotopic (exact) mass is 110 g/mol. The van der Waals surface area contributed by atoms with Gasteiger partial charge in [0.2, 0.25) is 0 Å². The summed E-state index contributed by atoms with van der Waals surface area (Å²) in [5.74, 6) is 0. The molecule has 8 heavy (non-hydrogen) atoms. The van der Waals surface area contributed by atoms with Crippen molar-refractivity contribution in [1.29, 1.82) is 0 Å². The summed E-state index contributed by atoms with van der Waals surface area (Å²) in [6.45, 7) is 9.58. The normalized spacial score (nSPS) is 21.5. The Balaban J connectivity index is 2.14. The molecule has 1 aliphatic rings. The lowest BCUT2D eigenvalue weighted by atomic mass is 10.5. The molecule has 0 spiro atoms. The molecule has 1 saturated heterocycles. The summed E-state index contributed by atoms with van der Waals surface area (Å²) >= 11 is 0. The molecule has 0 amide bonds. The van der Waals surface area contributed by atoms with Crippen molar-refractivity contribution in [3.05, 3.63) is 19.3 Å². The van der Waals surface area contributed by atoms with E-state index in [-0.39, 0.29) is 0 Å². The van der Waals surface area contributed by atoms with Crippen LogP contribution in [0.25, 0.3) is 0 Å². The summed E-state index contributed by atoms with van der Waals surface area (Å²) in [4.78, 5) is 2.06. The van der Waals surface area contributed by atoms with E-state index in [9.17, 15) is 0 Å². The highest BCUT2D eigenvalue weighted by Crippen LogP contribution is 1.94. The molecule has 0 saturated carbocycles. The molecule has 1 heterocycles. The molecule has 0 aliphatic carbocycles. The zero-order valence-corrected chi connectivity index (χ0v) is 4.85. The smallest absolute Gasteiger partial charge is 0.143 e. The van der Waals surface area contributed by atoms with Gasteiger partial charge in [0, 0.05) is 19.6 Å². The largest absolute Gasteiger partial charge is 0.292 e. The van der Waals surface area contributed by atoms with Gasteiger partial charge in [0.15, 0.2) is 0 Å². The van der Waals surface area contributed by atoms with Gasteiger partial charge in [-0.2, -0.15) is 0 Å². The first-order valence-corrected chi connectivity index (χ1v) is 2.78. The second-order valence-electron chi connectivity index (χ2n) is 1.77. The fourth-order valence-electron chi connectivity index (χ4n) is 0.707. The lowest BCUT2D eigenvalue weighted by Gasteiger charge is -2.06. The molecular weight excluding hydrogens is 100 g/mol. The van der Waals surface area contributed by atoms with Gasteiger partial charge >= 0.3 is 0 Å². The van der Waals surface area contributed by atoms with Crippen LogP contribution in [0.15, 0.2) is 12.7 Å². The standard InChI is InChI=1S/C6H10N2/c1-2-4-8-5-3-7-6-8/h2,7H,1,3-5H2. The number of hydrogen-bond donors (Lipinski definition) is 1. The Labute approximate surface area is 50.2 Å². The highest BCUT2D eigenvalue weighted by Gasteiger charge is 2.08. The topological polar surface area (TPSA) is 15.3 Å². The maximum Gasteiger partial charge on any atom is 0.143 e. The van der Waals surface area contributed by atoms with Crippen molar-refractivity contribution < 1.29 is 0 Å². The number of hydrogen-bond acceptors (Lipinski definition) is 2. The van der Waals surface area contributed by atoms with Crippen molar-refractivity contribution in [2.75, 3.05) is 19.6 Å². The third-order valence-corrected chi connectivity index (χ3v) is 1.09. The summed E-state index contributed by atoms with van der Waals surface area (Å²) in [6, 6.07) is 0. The predicted molar refractivity (Wildman–Crippen MR) is 33.0 cm³/mol. The van der Waals surface area contributed by atoms with Crippen molar-refractivity contribution in [1.82, 2.24) is 10.2 Å². The molecule has 1 aliphatic heterocycles. The van der Waals surface area contributed by atoms with E-state index in [1.54, 1.807) is 0 Å². The Bertz CT molecular complexity index is 74.6. The van der Waals surface area contributed by atoms with Crippen molar-refractivity contribution >= 4 is 0 Å². The van der Waals surface area contributed by atoms with Crippen LogP contribution in [0.4, 0.5) is 0 Å². The second kappa shape index (κ2) is 2.84. The third-order valence-electron chi connectivity index (χ3n) is 1.09. The molecule has 0 atom stereocenters. The molecule has 0 aromatic carbocycles. The lowest BCUT2D eigenvalue weighted by molar-refractivity contribution is 0.432. The fourth-order valence-corrected chi connectivity index (χ4v) is 0.707. The first-order valence-electron chi connectivity index (χ1n) is 2.78. The Morgan fingerprint density at radius 2 is 2.75 bits per heavy atom.